The van der Waals surface area contributed by atoms with Gasteiger partial charge in [0.1, 0.15) is 5.82 Å². The van der Waals surface area contributed by atoms with Crippen LogP contribution in [-0.4, -0.2) is 23.1 Å². The van der Waals surface area contributed by atoms with E-state index in [0.717, 1.165) is 12.8 Å². The first-order valence-electron chi connectivity index (χ1n) is 6.26. The van der Waals surface area contributed by atoms with Crippen LogP contribution in [0.3, 0.4) is 0 Å². The van der Waals surface area contributed by atoms with Gasteiger partial charge in [-0.3, -0.25) is 0 Å². The van der Waals surface area contributed by atoms with E-state index in [-0.39, 0.29) is 5.95 Å². The molecule has 5 nitrogen and oxygen atoms in total. The summed E-state index contributed by atoms with van der Waals surface area (Å²) in [7, 11) is 1.57. The number of aromatic nitrogens is 2. The lowest BCUT2D eigenvalue weighted by molar-refractivity contribution is 0.398. The van der Waals surface area contributed by atoms with Gasteiger partial charge in [0.05, 0.1) is 7.11 Å². The first-order chi connectivity index (χ1) is 9.24. The molecule has 0 unspecified atom stereocenters. The molecule has 1 aliphatic carbocycles. The van der Waals surface area contributed by atoms with Gasteiger partial charge in [-0.1, -0.05) is 24.3 Å². The Morgan fingerprint density at radius 2 is 1.89 bits per heavy atom. The van der Waals surface area contributed by atoms with Gasteiger partial charge in [0.25, 0.3) is 0 Å². The van der Waals surface area contributed by atoms with Gasteiger partial charge in [-0.15, -0.1) is 0 Å². The van der Waals surface area contributed by atoms with Crippen molar-refractivity contribution in [3.05, 3.63) is 41.5 Å². The summed E-state index contributed by atoms with van der Waals surface area (Å²) in [4.78, 5) is 8.15. The highest BCUT2D eigenvalue weighted by Gasteiger charge is 2.21. The Labute approximate surface area is 111 Å². The van der Waals surface area contributed by atoms with E-state index in [4.69, 9.17) is 10.5 Å². The highest BCUT2D eigenvalue weighted by molar-refractivity contribution is 5.46. The lowest BCUT2D eigenvalue weighted by atomic mass is 10.1. The molecule has 0 spiro atoms. The van der Waals surface area contributed by atoms with Crippen LogP contribution in [-0.2, 0) is 12.8 Å². The van der Waals surface area contributed by atoms with Crippen LogP contribution in [0.5, 0.6) is 5.88 Å². The van der Waals surface area contributed by atoms with Gasteiger partial charge >= 0.3 is 0 Å². The molecule has 3 rings (SSSR count). The maximum atomic E-state index is 5.65. The van der Waals surface area contributed by atoms with Crippen molar-refractivity contribution in [2.24, 2.45) is 0 Å². The summed E-state index contributed by atoms with van der Waals surface area (Å²) >= 11 is 0. The first kappa shape index (κ1) is 11.8. The Hall–Kier alpha value is -2.30. The van der Waals surface area contributed by atoms with Crippen LogP contribution in [0.4, 0.5) is 11.8 Å². The number of nitrogens with two attached hydrogens (primary N) is 1. The number of nitrogens with one attached hydrogen (secondary N) is 1. The normalized spacial score (nSPS) is 14.2. The van der Waals surface area contributed by atoms with E-state index in [0.29, 0.717) is 17.7 Å². The van der Waals surface area contributed by atoms with Gasteiger partial charge in [-0.2, -0.15) is 9.97 Å². The Morgan fingerprint density at radius 1 is 1.21 bits per heavy atom. The van der Waals surface area contributed by atoms with Gasteiger partial charge in [-0.05, 0) is 24.0 Å². The largest absolute Gasteiger partial charge is 0.481 e. The third-order valence-corrected chi connectivity index (χ3v) is 3.33. The number of fused-ring (bicyclic) bond motifs is 1. The molecular formula is C14H16N4O. The van der Waals surface area contributed by atoms with Crippen LogP contribution in [0.15, 0.2) is 30.3 Å². The number of nitrogens with zero attached hydrogens (tertiary/aromatic N) is 2. The zero-order valence-corrected chi connectivity index (χ0v) is 10.8. The molecule has 5 heteroatoms. The number of hydrogen-bond donors (Lipinski definition) is 2. The average Bonchev–Trinajstić information content (AvgIpc) is 2.80. The summed E-state index contributed by atoms with van der Waals surface area (Å²) in [5.74, 6) is 1.41. The number of anilines is 2. The van der Waals surface area contributed by atoms with E-state index in [1.54, 1.807) is 13.2 Å². The summed E-state index contributed by atoms with van der Waals surface area (Å²) in [6, 6.07) is 10.6. The Bertz CT molecular complexity index is 575. The minimum Gasteiger partial charge on any atom is -0.481 e. The SMILES string of the molecule is COc1cc(NC2Cc3ccccc3C2)nc(N)n1. The minimum absolute atomic E-state index is 0.220. The second-order valence-electron chi connectivity index (χ2n) is 4.67. The Morgan fingerprint density at radius 3 is 2.53 bits per heavy atom. The quantitative estimate of drug-likeness (QED) is 0.873. The van der Waals surface area contributed by atoms with Crippen molar-refractivity contribution in [2.45, 2.75) is 18.9 Å². The molecule has 1 heterocycles. The number of methoxy groups -OCH3 is 1. The summed E-state index contributed by atoms with van der Waals surface area (Å²) < 4.78 is 5.09. The van der Waals surface area contributed by atoms with Gasteiger partial charge in [0, 0.05) is 12.1 Å². The fraction of sp³-hybridized carbons (Fsp3) is 0.286. The van der Waals surface area contributed by atoms with Crippen molar-refractivity contribution in [2.75, 3.05) is 18.2 Å². The minimum atomic E-state index is 0.220. The van der Waals surface area contributed by atoms with E-state index >= 15 is 0 Å². The lowest BCUT2D eigenvalue weighted by Gasteiger charge is -2.13. The Balaban J connectivity index is 1.75. The van der Waals surface area contributed by atoms with Gasteiger partial charge < -0.3 is 15.8 Å². The molecule has 1 aromatic carbocycles. The first-order valence-corrected chi connectivity index (χ1v) is 6.26. The molecule has 0 saturated carbocycles. The number of ether oxygens (including phenoxy) is 1. The fourth-order valence-corrected chi connectivity index (χ4v) is 2.49. The number of rotatable bonds is 3. The molecule has 19 heavy (non-hydrogen) atoms. The summed E-state index contributed by atoms with van der Waals surface area (Å²) in [6.07, 6.45) is 2.00. The fourth-order valence-electron chi connectivity index (χ4n) is 2.49. The molecule has 0 fully saturated rings. The van der Waals surface area contributed by atoms with Gasteiger partial charge in [0.15, 0.2) is 0 Å². The topological polar surface area (TPSA) is 73.1 Å². The molecule has 98 valence electrons. The Kier molecular flexibility index (Phi) is 2.95. The summed E-state index contributed by atoms with van der Waals surface area (Å²) in [6.45, 7) is 0. The van der Waals surface area contributed by atoms with Crippen LogP contribution < -0.4 is 15.8 Å². The maximum Gasteiger partial charge on any atom is 0.225 e. The zero-order chi connectivity index (χ0) is 13.2. The lowest BCUT2D eigenvalue weighted by Crippen LogP contribution is -2.20. The van der Waals surface area contributed by atoms with Crippen molar-refractivity contribution in [1.29, 1.82) is 0 Å². The second kappa shape index (κ2) is 4.76. The predicted octanol–water partition coefficient (Wildman–Crippen LogP) is 1.65. The molecule has 0 saturated heterocycles. The van der Waals surface area contributed by atoms with Crippen molar-refractivity contribution in [1.82, 2.24) is 9.97 Å². The standard InChI is InChI=1S/C14H16N4O/c1-19-13-8-12(17-14(15)18-13)16-11-6-9-4-2-3-5-10(9)7-11/h2-5,8,11H,6-7H2,1H3,(H3,15,16,17,18). The molecule has 3 N–H and O–H groups in total. The number of nitrogen functional groups attached to an aromatic ring is 1. The molecule has 0 bridgehead atoms. The van der Waals surface area contributed by atoms with Gasteiger partial charge in [-0.25, -0.2) is 0 Å². The van der Waals surface area contributed by atoms with E-state index in [1.807, 2.05) is 0 Å². The number of benzene rings is 1. The van der Waals surface area contributed by atoms with E-state index in [2.05, 4.69) is 39.6 Å². The highest BCUT2D eigenvalue weighted by atomic mass is 16.5. The molecule has 0 amide bonds. The summed E-state index contributed by atoms with van der Waals surface area (Å²) in [5, 5.41) is 3.39. The third-order valence-electron chi connectivity index (χ3n) is 3.33. The van der Waals surface area contributed by atoms with Crippen molar-refractivity contribution < 1.29 is 4.74 Å². The molecule has 0 aliphatic heterocycles. The molecule has 1 aromatic heterocycles. The van der Waals surface area contributed by atoms with Crippen LogP contribution in [0.1, 0.15) is 11.1 Å². The average molecular weight is 256 g/mol. The molecule has 0 atom stereocenters. The van der Waals surface area contributed by atoms with Gasteiger partial charge in [0.2, 0.25) is 11.8 Å². The van der Waals surface area contributed by atoms with Crippen LogP contribution in [0.25, 0.3) is 0 Å². The third kappa shape index (κ3) is 2.45. The van der Waals surface area contributed by atoms with Crippen LogP contribution in [0, 0.1) is 0 Å². The van der Waals surface area contributed by atoms with Crippen molar-refractivity contribution >= 4 is 11.8 Å². The molecule has 1 aliphatic rings. The molecule has 2 aromatic rings. The molecular weight excluding hydrogens is 240 g/mol. The van der Waals surface area contributed by atoms with E-state index in [9.17, 15) is 0 Å². The summed E-state index contributed by atoms with van der Waals surface area (Å²) in [5.41, 5.74) is 8.45. The monoisotopic (exact) mass is 256 g/mol. The number of hydrogen-bond acceptors (Lipinski definition) is 5. The highest BCUT2D eigenvalue weighted by Crippen LogP contribution is 2.24. The van der Waals surface area contributed by atoms with Crippen molar-refractivity contribution in [3.63, 3.8) is 0 Å². The van der Waals surface area contributed by atoms with E-state index in [1.165, 1.54) is 11.1 Å². The maximum absolute atomic E-state index is 5.65. The van der Waals surface area contributed by atoms with Crippen LogP contribution >= 0.6 is 0 Å². The second-order valence-corrected chi connectivity index (χ2v) is 4.67. The van der Waals surface area contributed by atoms with Crippen LogP contribution in [0.2, 0.25) is 0 Å². The predicted molar refractivity (Wildman–Crippen MR) is 74.3 cm³/mol. The molecule has 0 radical (unpaired) electrons. The van der Waals surface area contributed by atoms with E-state index < -0.39 is 0 Å². The zero-order valence-electron chi connectivity index (χ0n) is 10.8. The smallest absolute Gasteiger partial charge is 0.225 e. The van der Waals surface area contributed by atoms with Crippen molar-refractivity contribution in [3.8, 4) is 5.88 Å².